The molecular weight excluding hydrogens is 342 g/mol. The SMILES string of the molecule is O=C(O)c1cc2c(s1)c(C1CCCCC1)c1n2CCCc2ccccc2-1. The summed E-state index contributed by atoms with van der Waals surface area (Å²) in [4.78, 5) is 12.1. The van der Waals surface area contributed by atoms with Crippen molar-refractivity contribution in [2.24, 2.45) is 0 Å². The summed E-state index contributed by atoms with van der Waals surface area (Å²) in [6, 6.07) is 10.7. The Kier molecular flexibility index (Phi) is 3.89. The van der Waals surface area contributed by atoms with Crippen LogP contribution >= 0.6 is 11.3 Å². The van der Waals surface area contributed by atoms with E-state index in [1.807, 2.05) is 6.07 Å². The van der Waals surface area contributed by atoms with Gasteiger partial charge in [-0.2, -0.15) is 0 Å². The molecule has 0 spiro atoms. The van der Waals surface area contributed by atoms with Gasteiger partial charge in [-0.1, -0.05) is 43.5 Å². The standard InChI is InChI=1S/C22H23NO2S/c24-22(25)18-13-17-21(26-18)19(15-8-2-1-3-9-15)20-16-11-5-4-7-14(16)10-6-12-23(17)20/h4-5,7,11,13,15H,1-3,6,8-10,12H2,(H,24,25). The van der Waals surface area contributed by atoms with Gasteiger partial charge >= 0.3 is 5.97 Å². The van der Waals surface area contributed by atoms with Gasteiger partial charge in [0.05, 0.1) is 15.9 Å². The smallest absolute Gasteiger partial charge is 0.345 e. The highest BCUT2D eigenvalue weighted by molar-refractivity contribution is 7.21. The first-order valence-electron chi connectivity index (χ1n) is 9.71. The van der Waals surface area contributed by atoms with Crippen molar-refractivity contribution in [1.29, 1.82) is 0 Å². The third-order valence-electron chi connectivity index (χ3n) is 6.10. The van der Waals surface area contributed by atoms with Crippen molar-refractivity contribution in [2.75, 3.05) is 0 Å². The zero-order valence-electron chi connectivity index (χ0n) is 14.8. The third-order valence-corrected chi connectivity index (χ3v) is 7.24. The number of benzene rings is 1. The fourth-order valence-corrected chi connectivity index (χ4v) is 6.07. The maximum atomic E-state index is 11.6. The Labute approximate surface area is 157 Å². The molecule has 1 aliphatic carbocycles. The molecule has 4 heteroatoms. The van der Waals surface area contributed by atoms with Crippen LogP contribution in [0, 0.1) is 0 Å². The van der Waals surface area contributed by atoms with Gasteiger partial charge in [-0.15, -0.1) is 11.3 Å². The predicted molar refractivity (Wildman–Crippen MR) is 106 cm³/mol. The number of hydrogen-bond acceptors (Lipinski definition) is 2. The molecule has 0 amide bonds. The number of carboxylic acids is 1. The number of rotatable bonds is 2. The summed E-state index contributed by atoms with van der Waals surface area (Å²) >= 11 is 1.48. The Hall–Kier alpha value is -2.07. The summed E-state index contributed by atoms with van der Waals surface area (Å²) in [6.45, 7) is 0.975. The van der Waals surface area contributed by atoms with E-state index in [1.54, 1.807) is 0 Å². The number of aromatic carboxylic acids is 1. The van der Waals surface area contributed by atoms with Crippen LogP contribution in [-0.4, -0.2) is 15.6 Å². The molecule has 26 heavy (non-hydrogen) atoms. The second-order valence-corrected chi connectivity index (χ2v) is 8.69. The normalized spacial score (nSPS) is 17.7. The van der Waals surface area contributed by atoms with Gasteiger partial charge in [-0.3, -0.25) is 0 Å². The van der Waals surface area contributed by atoms with Crippen molar-refractivity contribution in [3.8, 4) is 11.3 Å². The van der Waals surface area contributed by atoms with Gasteiger partial charge in [0.1, 0.15) is 4.88 Å². The van der Waals surface area contributed by atoms with Crippen LogP contribution in [0.3, 0.4) is 0 Å². The van der Waals surface area contributed by atoms with Crippen molar-refractivity contribution >= 4 is 27.5 Å². The lowest BCUT2D eigenvalue weighted by Crippen LogP contribution is -2.07. The fraction of sp³-hybridized carbons (Fsp3) is 0.409. The first kappa shape index (κ1) is 16.1. The maximum Gasteiger partial charge on any atom is 0.345 e. The van der Waals surface area contributed by atoms with Gasteiger partial charge in [-0.25, -0.2) is 4.79 Å². The molecule has 3 nitrogen and oxygen atoms in total. The third kappa shape index (κ3) is 2.43. The van der Waals surface area contributed by atoms with Crippen LogP contribution < -0.4 is 0 Å². The molecular formula is C22H23NO2S. The molecule has 1 N–H and O–H groups in total. The van der Waals surface area contributed by atoms with Crippen molar-refractivity contribution in [3.63, 3.8) is 0 Å². The predicted octanol–water partition coefficient (Wildman–Crippen LogP) is 6.06. The van der Waals surface area contributed by atoms with Crippen LogP contribution in [-0.2, 0) is 13.0 Å². The molecule has 134 valence electrons. The molecule has 2 aromatic heterocycles. The Balaban J connectivity index is 1.82. The van der Waals surface area contributed by atoms with Gasteiger partial charge in [0.25, 0.3) is 0 Å². The number of carboxylic acid groups (broad SMARTS) is 1. The molecule has 0 radical (unpaired) electrons. The number of hydrogen-bond donors (Lipinski definition) is 1. The van der Waals surface area contributed by atoms with Crippen LogP contribution in [0.1, 0.15) is 65.2 Å². The van der Waals surface area contributed by atoms with E-state index in [0.29, 0.717) is 10.8 Å². The van der Waals surface area contributed by atoms with Crippen molar-refractivity contribution < 1.29 is 9.90 Å². The molecule has 1 aliphatic heterocycles. The minimum absolute atomic E-state index is 0.472. The van der Waals surface area contributed by atoms with Crippen LogP contribution in [0.4, 0.5) is 0 Å². The van der Waals surface area contributed by atoms with Crippen molar-refractivity contribution in [1.82, 2.24) is 4.57 Å². The molecule has 0 bridgehead atoms. The first-order valence-corrected chi connectivity index (χ1v) is 10.5. The molecule has 0 atom stereocenters. The highest BCUT2D eigenvalue weighted by atomic mass is 32.1. The number of aromatic nitrogens is 1. The number of fused-ring (bicyclic) bond motifs is 5. The van der Waals surface area contributed by atoms with Gasteiger partial charge in [0.2, 0.25) is 0 Å². The summed E-state index contributed by atoms with van der Waals surface area (Å²) in [7, 11) is 0. The van der Waals surface area contributed by atoms with E-state index in [4.69, 9.17) is 0 Å². The van der Waals surface area contributed by atoms with E-state index in [0.717, 1.165) is 24.9 Å². The minimum atomic E-state index is -0.802. The average molecular weight is 365 g/mol. The van der Waals surface area contributed by atoms with Crippen LogP contribution in [0.25, 0.3) is 21.5 Å². The zero-order valence-corrected chi connectivity index (χ0v) is 15.6. The second kappa shape index (κ2) is 6.27. The number of thiophene rings is 1. The van der Waals surface area contributed by atoms with Gasteiger partial charge < -0.3 is 9.67 Å². The molecule has 1 aromatic carbocycles. The van der Waals surface area contributed by atoms with E-state index >= 15 is 0 Å². The molecule has 0 saturated heterocycles. The van der Waals surface area contributed by atoms with Crippen molar-refractivity contribution in [3.05, 3.63) is 46.3 Å². The maximum absolute atomic E-state index is 11.6. The number of carbonyl (C=O) groups is 1. The monoisotopic (exact) mass is 365 g/mol. The second-order valence-electron chi connectivity index (χ2n) is 7.64. The van der Waals surface area contributed by atoms with Crippen LogP contribution in [0.15, 0.2) is 30.3 Å². The van der Waals surface area contributed by atoms with E-state index in [1.165, 1.54) is 70.5 Å². The summed E-state index contributed by atoms with van der Waals surface area (Å²) in [5.41, 5.74) is 6.76. The topological polar surface area (TPSA) is 42.2 Å². The largest absolute Gasteiger partial charge is 0.477 e. The van der Waals surface area contributed by atoms with Crippen LogP contribution in [0.2, 0.25) is 0 Å². The summed E-state index contributed by atoms with van der Waals surface area (Å²) < 4.78 is 3.65. The molecule has 3 aromatic rings. The van der Waals surface area contributed by atoms with Crippen LogP contribution in [0.5, 0.6) is 0 Å². The highest BCUT2D eigenvalue weighted by Gasteiger charge is 2.30. The van der Waals surface area contributed by atoms with Gasteiger partial charge in [-0.05, 0) is 48.8 Å². The first-order chi connectivity index (χ1) is 12.7. The van der Waals surface area contributed by atoms with E-state index in [9.17, 15) is 9.90 Å². The summed E-state index contributed by atoms with van der Waals surface area (Å²) in [5.74, 6) is -0.238. The lowest BCUT2D eigenvalue weighted by Gasteiger charge is -2.23. The van der Waals surface area contributed by atoms with Crippen molar-refractivity contribution in [2.45, 2.75) is 57.4 Å². The zero-order chi connectivity index (χ0) is 17.7. The molecule has 1 saturated carbocycles. The summed E-state index contributed by atoms with van der Waals surface area (Å²) in [5, 5.41) is 9.52. The van der Waals surface area contributed by atoms with Gasteiger partial charge in [0.15, 0.2) is 0 Å². The Morgan fingerprint density at radius 2 is 1.92 bits per heavy atom. The Bertz CT molecular complexity index is 991. The molecule has 3 heterocycles. The number of nitrogens with zero attached hydrogens (tertiary/aromatic N) is 1. The molecule has 0 unspecified atom stereocenters. The minimum Gasteiger partial charge on any atom is -0.477 e. The highest BCUT2D eigenvalue weighted by Crippen LogP contribution is 2.48. The molecule has 2 aliphatic rings. The number of aryl methyl sites for hydroxylation is 2. The summed E-state index contributed by atoms with van der Waals surface area (Å²) in [6.07, 6.45) is 8.57. The van der Waals surface area contributed by atoms with E-state index in [-0.39, 0.29) is 0 Å². The lowest BCUT2D eigenvalue weighted by molar-refractivity contribution is 0.0702. The average Bonchev–Trinajstić information content (AvgIpc) is 3.15. The van der Waals surface area contributed by atoms with E-state index < -0.39 is 5.97 Å². The molecule has 5 rings (SSSR count). The lowest BCUT2D eigenvalue weighted by atomic mass is 9.82. The van der Waals surface area contributed by atoms with Gasteiger partial charge in [0, 0.05) is 12.1 Å². The Morgan fingerprint density at radius 3 is 2.73 bits per heavy atom. The fourth-order valence-electron chi connectivity index (χ4n) is 4.94. The molecule has 1 fully saturated rings. The Morgan fingerprint density at radius 1 is 1.12 bits per heavy atom. The van der Waals surface area contributed by atoms with E-state index in [2.05, 4.69) is 28.8 Å². The quantitative estimate of drug-likeness (QED) is 0.599.